The molecule has 0 radical (unpaired) electrons. The lowest BCUT2D eigenvalue weighted by Crippen LogP contribution is -2.01. The first-order valence-electron chi connectivity index (χ1n) is 4.96. The maximum absolute atomic E-state index is 12.0. The molecule has 0 unspecified atom stereocenters. The van der Waals surface area contributed by atoms with E-state index in [2.05, 4.69) is 0 Å². The normalized spacial score (nSPS) is 11.2. The number of carbonyl (C=O) groups excluding carboxylic acids is 1. The van der Waals surface area contributed by atoms with Crippen LogP contribution in [-0.4, -0.2) is 5.78 Å². The summed E-state index contributed by atoms with van der Waals surface area (Å²) in [4.78, 5) is 12.9. The zero-order valence-electron chi connectivity index (χ0n) is 9.14. The third-order valence-corrected chi connectivity index (χ3v) is 3.12. The fourth-order valence-corrected chi connectivity index (χ4v) is 2.09. The van der Waals surface area contributed by atoms with Crippen LogP contribution in [0.5, 0.6) is 0 Å². The Morgan fingerprint density at radius 1 is 1.53 bits per heavy atom. The maximum Gasteiger partial charge on any atom is 0.207 e. The maximum atomic E-state index is 12.0. The van der Waals surface area contributed by atoms with E-state index in [0.29, 0.717) is 11.3 Å². The molecule has 0 aromatic carbocycles. The zero-order valence-corrected chi connectivity index (χ0v) is 9.95. The van der Waals surface area contributed by atoms with E-state index in [-0.39, 0.29) is 11.4 Å². The second-order valence-corrected chi connectivity index (χ2v) is 4.38. The van der Waals surface area contributed by atoms with Gasteiger partial charge in [0.15, 0.2) is 0 Å². The van der Waals surface area contributed by atoms with Crippen LogP contribution in [0.4, 0.5) is 0 Å². The molecule has 0 aliphatic rings. The minimum absolute atomic E-state index is 0.122. The van der Waals surface area contributed by atoms with Gasteiger partial charge in [-0.15, -0.1) is 11.3 Å². The van der Waals surface area contributed by atoms with E-state index < -0.39 is 0 Å². The van der Waals surface area contributed by atoms with E-state index >= 15 is 0 Å². The lowest BCUT2D eigenvalue weighted by molar-refractivity contribution is 0.103. The van der Waals surface area contributed by atoms with Gasteiger partial charge in [0.1, 0.15) is 17.4 Å². The molecule has 0 fully saturated rings. The number of rotatable bonds is 3. The van der Waals surface area contributed by atoms with E-state index in [0.717, 1.165) is 4.88 Å². The SMILES string of the molecule is Cc1occc1C(=O)C(C#N)=Cc1cccs1. The monoisotopic (exact) mass is 243 g/mol. The van der Waals surface area contributed by atoms with Crippen LogP contribution < -0.4 is 0 Å². The Morgan fingerprint density at radius 2 is 2.35 bits per heavy atom. The number of Topliss-reactive ketones (excluding diaryl/α,β-unsaturated/α-hetero) is 1. The number of furan rings is 1. The predicted molar refractivity (Wildman–Crippen MR) is 65.7 cm³/mol. The van der Waals surface area contributed by atoms with E-state index in [4.69, 9.17) is 9.68 Å². The fourth-order valence-electron chi connectivity index (χ4n) is 1.43. The molecule has 0 spiro atoms. The minimum Gasteiger partial charge on any atom is -0.469 e. The second kappa shape index (κ2) is 4.81. The van der Waals surface area contributed by atoms with Gasteiger partial charge in [0, 0.05) is 4.88 Å². The Bertz CT molecular complexity index is 600. The largest absolute Gasteiger partial charge is 0.469 e. The second-order valence-electron chi connectivity index (χ2n) is 3.40. The molecule has 0 atom stereocenters. The highest BCUT2D eigenvalue weighted by molar-refractivity contribution is 7.10. The van der Waals surface area contributed by atoms with Crippen molar-refractivity contribution in [2.24, 2.45) is 0 Å². The number of hydrogen-bond donors (Lipinski definition) is 0. The highest BCUT2D eigenvalue weighted by Gasteiger charge is 2.16. The van der Waals surface area contributed by atoms with Crippen molar-refractivity contribution < 1.29 is 9.21 Å². The van der Waals surface area contributed by atoms with Crippen molar-refractivity contribution >= 4 is 23.2 Å². The van der Waals surface area contributed by atoms with Crippen molar-refractivity contribution in [3.05, 3.63) is 51.6 Å². The highest BCUT2D eigenvalue weighted by Crippen LogP contribution is 2.18. The van der Waals surface area contributed by atoms with Gasteiger partial charge in [-0.25, -0.2) is 0 Å². The van der Waals surface area contributed by atoms with Crippen LogP contribution in [-0.2, 0) is 0 Å². The average molecular weight is 243 g/mol. The number of nitrogens with zero attached hydrogens (tertiary/aromatic N) is 1. The number of allylic oxidation sites excluding steroid dienone is 1. The van der Waals surface area contributed by atoms with Crippen LogP contribution in [0.2, 0.25) is 0 Å². The molecule has 0 bridgehead atoms. The van der Waals surface area contributed by atoms with Gasteiger partial charge in [0.2, 0.25) is 5.78 Å². The van der Waals surface area contributed by atoms with Crippen LogP contribution in [0, 0.1) is 18.3 Å². The molecular weight excluding hydrogens is 234 g/mol. The molecule has 4 heteroatoms. The molecule has 0 saturated carbocycles. The Kier molecular flexibility index (Phi) is 3.22. The zero-order chi connectivity index (χ0) is 12.3. The number of ketones is 1. The van der Waals surface area contributed by atoms with Crippen molar-refractivity contribution in [3.63, 3.8) is 0 Å². The van der Waals surface area contributed by atoms with Gasteiger partial charge in [-0.05, 0) is 30.5 Å². The molecule has 2 aromatic rings. The lowest BCUT2D eigenvalue weighted by atomic mass is 10.0. The summed E-state index contributed by atoms with van der Waals surface area (Å²) in [6.07, 6.45) is 3.04. The van der Waals surface area contributed by atoms with Gasteiger partial charge in [0.05, 0.1) is 11.8 Å². The number of carbonyl (C=O) groups is 1. The number of nitriles is 1. The van der Waals surface area contributed by atoms with Crippen LogP contribution in [0.3, 0.4) is 0 Å². The van der Waals surface area contributed by atoms with Gasteiger partial charge >= 0.3 is 0 Å². The van der Waals surface area contributed by atoms with Crippen molar-refractivity contribution in [3.8, 4) is 6.07 Å². The van der Waals surface area contributed by atoms with Crippen LogP contribution in [0.25, 0.3) is 6.08 Å². The van der Waals surface area contributed by atoms with Gasteiger partial charge in [0.25, 0.3) is 0 Å². The van der Waals surface area contributed by atoms with Crippen LogP contribution in [0.1, 0.15) is 21.0 Å². The third kappa shape index (κ3) is 2.35. The summed E-state index contributed by atoms with van der Waals surface area (Å²) in [7, 11) is 0. The summed E-state index contributed by atoms with van der Waals surface area (Å²) in [5.74, 6) is 0.231. The summed E-state index contributed by atoms with van der Waals surface area (Å²) in [5, 5.41) is 10.9. The van der Waals surface area contributed by atoms with E-state index in [9.17, 15) is 4.79 Å². The standard InChI is InChI=1S/C13H9NO2S/c1-9-12(4-5-16-9)13(15)10(8-14)7-11-3-2-6-17-11/h2-7H,1H3. The molecule has 0 aliphatic carbocycles. The predicted octanol–water partition coefficient (Wildman–Crippen LogP) is 3.44. The fraction of sp³-hybridized carbons (Fsp3) is 0.0769. The van der Waals surface area contributed by atoms with E-state index in [1.165, 1.54) is 17.6 Å². The van der Waals surface area contributed by atoms with Gasteiger partial charge in [-0.3, -0.25) is 4.79 Å². The molecule has 17 heavy (non-hydrogen) atoms. The Hall–Kier alpha value is -2.12. The smallest absolute Gasteiger partial charge is 0.207 e. The van der Waals surface area contributed by atoms with Crippen molar-refractivity contribution in [2.45, 2.75) is 6.92 Å². The first-order valence-corrected chi connectivity index (χ1v) is 5.84. The van der Waals surface area contributed by atoms with Crippen LogP contribution >= 0.6 is 11.3 Å². The topological polar surface area (TPSA) is 54.0 Å². The van der Waals surface area contributed by atoms with Crippen molar-refractivity contribution in [2.75, 3.05) is 0 Å². The van der Waals surface area contributed by atoms with Gasteiger partial charge in [-0.2, -0.15) is 5.26 Å². The molecule has 2 aromatic heterocycles. The molecule has 0 saturated heterocycles. The number of hydrogen-bond acceptors (Lipinski definition) is 4. The van der Waals surface area contributed by atoms with Gasteiger partial charge < -0.3 is 4.42 Å². The van der Waals surface area contributed by atoms with Crippen LogP contribution in [0.15, 0.2) is 39.8 Å². The summed E-state index contributed by atoms with van der Waals surface area (Å²) in [6, 6.07) is 7.25. The Balaban J connectivity index is 2.36. The quantitative estimate of drug-likeness (QED) is 0.471. The molecule has 3 nitrogen and oxygen atoms in total. The number of thiophene rings is 1. The van der Waals surface area contributed by atoms with E-state index in [1.807, 2.05) is 23.6 Å². The van der Waals surface area contributed by atoms with Gasteiger partial charge in [-0.1, -0.05) is 6.07 Å². The lowest BCUT2D eigenvalue weighted by Gasteiger charge is -1.96. The molecule has 84 valence electrons. The number of aryl methyl sites for hydroxylation is 1. The molecule has 0 aliphatic heterocycles. The summed E-state index contributed by atoms with van der Waals surface area (Å²) < 4.78 is 5.06. The Labute approximate surface area is 103 Å². The molecule has 2 rings (SSSR count). The van der Waals surface area contributed by atoms with E-state index in [1.54, 1.807) is 19.1 Å². The Morgan fingerprint density at radius 3 is 2.88 bits per heavy atom. The minimum atomic E-state index is -0.299. The summed E-state index contributed by atoms with van der Waals surface area (Å²) >= 11 is 1.48. The van der Waals surface area contributed by atoms with Crippen molar-refractivity contribution in [1.29, 1.82) is 5.26 Å². The van der Waals surface area contributed by atoms with Crippen molar-refractivity contribution in [1.82, 2.24) is 0 Å². The highest BCUT2D eigenvalue weighted by atomic mass is 32.1. The summed E-state index contributed by atoms with van der Waals surface area (Å²) in [6.45, 7) is 1.70. The first-order chi connectivity index (χ1) is 8.22. The molecule has 0 amide bonds. The third-order valence-electron chi connectivity index (χ3n) is 2.30. The average Bonchev–Trinajstić information content (AvgIpc) is 2.96. The summed E-state index contributed by atoms with van der Waals surface area (Å²) in [5.41, 5.74) is 0.561. The molecular formula is C13H9NO2S. The first kappa shape index (κ1) is 11.4. The molecule has 0 N–H and O–H groups in total. The molecule has 2 heterocycles.